The van der Waals surface area contributed by atoms with Gasteiger partial charge in [0.25, 0.3) is 11.8 Å². The van der Waals surface area contributed by atoms with E-state index in [1.807, 2.05) is 19.1 Å². The minimum atomic E-state index is -0.367. The molecule has 0 unspecified atom stereocenters. The first kappa shape index (κ1) is 22.6. The molecule has 31 heavy (non-hydrogen) atoms. The second kappa shape index (κ2) is 11.3. The lowest BCUT2D eigenvalue weighted by Crippen LogP contribution is -2.51. The Bertz CT molecular complexity index is 850. The molecule has 0 spiro atoms. The Morgan fingerprint density at radius 1 is 0.935 bits per heavy atom. The highest BCUT2D eigenvalue weighted by molar-refractivity contribution is 5.94. The SMILES string of the molecule is CCOc1ccc(OCC(=O)N2CCN(CCNC(=O)c3ccc(F)cc3)CC2)cc1. The molecule has 0 aromatic heterocycles. The molecule has 166 valence electrons. The van der Waals surface area contributed by atoms with Crippen LogP contribution in [-0.4, -0.2) is 74.1 Å². The minimum Gasteiger partial charge on any atom is -0.494 e. The molecule has 0 radical (unpaired) electrons. The van der Waals surface area contributed by atoms with Gasteiger partial charge < -0.3 is 19.7 Å². The summed E-state index contributed by atoms with van der Waals surface area (Å²) >= 11 is 0. The third-order valence-corrected chi connectivity index (χ3v) is 5.04. The van der Waals surface area contributed by atoms with Gasteiger partial charge in [0.05, 0.1) is 6.61 Å². The van der Waals surface area contributed by atoms with E-state index < -0.39 is 0 Å². The normalized spacial score (nSPS) is 14.2. The average Bonchev–Trinajstić information content (AvgIpc) is 2.79. The fourth-order valence-corrected chi connectivity index (χ4v) is 3.29. The minimum absolute atomic E-state index is 0.00170. The lowest BCUT2D eigenvalue weighted by Gasteiger charge is -2.34. The molecular formula is C23H28FN3O4. The first-order chi connectivity index (χ1) is 15.0. The van der Waals surface area contributed by atoms with Crippen molar-refractivity contribution < 1.29 is 23.5 Å². The van der Waals surface area contributed by atoms with Crippen molar-refractivity contribution in [3.05, 3.63) is 59.9 Å². The Balaban J connectivity index is 1.32. The molecular weight excluding hydrogens is 401 g/mol. The average molecular weight is 429 g/mol. The van der Waals surface area contributed by atoms with Gasteiger partial charge in [-0.05, 0) is 55.5 Å². The zero-order valence-corrected chi connectivity index (χ0v) is 17.7. The van der Waals surface area contributed by atoms with Gasteiger partial charge in [0.2, 0.25) is 0 Å². The molecule has 0 aliphatic carbocycles. The highest BCUT2D eigenvalue weighted by Crippen LogP contribution is 2.17. The van der Waals surface area contributed by atoms with E-state index in [2.05, 4.69) is 10.2 Å². The molecule has 0 bridgehead atoms. The van der Waals surface area contributed by atoms with E-state index in [-0.39, 0.29) is 24.2 Å². The summed E-state index contributed by atoms with van der Waals surface area (Å²) in [6, 6.07) is 12.7. The number of nitrogens with zero attached hydrogens (tertiary/aromatic N) is 2. The second-order valence-corrected chi connectivity index (χ2v) is 7.18. The van der Waals surface area contributed by atoms with Crippen LogP contribution in [0.3, 0.4) is 0 Å². The highest BCUT2D eigenvalue weighted by Gasteiger charge is 2.21. The number of piperazine rings is 1. The molecule has 8 heteroatoms. The molecule has 0 atom stereocenters. The van der Waals surface area contributed by atoms with Crippen LogP contribution >= 0.6 is 0 Å². The Labute approximate surface area is 181 Å². The van der Waals surface area contributed by atoms with Crippen molar-refractivity contribution in [3.63, 3.8) is 0 Å². The summed E-state index contributed by atoms with van der Waals surface area (Å²) in [5, 5.41) is 2.84. The molecule has 2 aromatic rings. The number of rotatable bonds is 9. The van der Waals surface area contributed by atoms with Crippen molar-refractivity contribution in [1.82, 2.24) is 15.1 Å². The topological polar surface area (TPSA) is 71.1 Å². The Morgan fingerprint density at radius 2 is 1.55 bits per heavy atom. The zero-order valence-electron chi connectivity index (χ0n) is 17.7. The van der Waals surface area contributed by atoms with Gasteiger partial charge in [-0.2, -0.15) is 0 Å². The van der Waals surface area contributed by atoms with Crippen molar-refractivity contribution in [3.8, 4) is 11.5 Å². The molecule has 2 aromatic carbocycles. The predicted octanol–water partition coefficient (Wildman–Crippen LogP) is 2.18. The molecule has 1 fully saturated rings. The first-order valence-corrected chi connectivity index (χ1v) is 10.4. The van der Waals surface area contributed by atoms with Gasteiger partial charge in [-0.3, -0.25) is 14.5 Å². The van der Waals surface area contributed by atoms with E-state index in [0.717, 1.165) is 18.8 Å². The van der Waals surface area contributed by atoms with Crippen LogP contribution in [0.2, 0.25) is 0 Å². The summed E-state index contributed by atoms with van der Waals surface area (Å²) in [5.74, 6) is 0.769. The smallest absolute Gasteiger partial charge is 0.260 e. The van der Waals surface area contributed by atoms with E-state index in [9.17, 15) is 14.0 Å². The Kier molecular flexibility index (Phi) is 8.23. The summed E-state index contributed by atoms with van der Waals surface area (Å²) in [6.45, 7) is 6.43. The molecule has 0 saturated carbocycles. The monoisotopic (exact) mass is 429 g/mol. The van der Waals surface area contributed by atoms with Gasteiger partial charge in [0.1, 0.15) is 17.3 Å². The van der Waals surface area contributed by atoms with E-state index >= 15 is 0 Å². The van der Waals surface area contributed by atoms with Crippen LogP contribution in [0, 0.1) is 5.82 Å². The van der Waals surface area contributed by atoms with E-state index in [1.54, 1.807) is 17.0 Å². The number of nitrogens with one attached hydrogen (secondary N) is 1. The number of carbonyl (C=O) groups excluding carboxylic acids is 2. The third-order valence-electron chi connectivity index (χ3n) is 5.04. The predicted molar refractivity (Wildman–Crippen MR) is 115 cm³/mol. The van der Waals surface area contributed by atoms with Crippen LogP contribution in [0.5, 0.6) is 11.5 Å². The van der Waals surface area contributed by atoms with Crippen LogP contribution in [-0.2, 0) is 4.79 Å². The second-order valence-electron chi connectivity index (χ2n) is 7.18. The molecule has 1 heterocycles. The number of hydrogen-bond donors (Lipinski definition) is 1. The summed E-state index contributed by atoms with van der Waals surface area (Å²) in [5.41, 5.74) is 0.435. The van der Waals surface area contributed by atoms with Crippen molar-refractivity contribution >= 4 is 11.8 Å². The fourth-order valence-electron chi connectivity index (χ4n) is 3.29. The first-order valence-electron chi connectivity index (χ1n) is 10.4. The standard InChI is InChI=1S/C23H28FN3O4/c1-2-30-20-7-9-21(10-8-20)31-17-22(28)27-15-13-26(14-16-27)12-11-25-23(29)18-3-5-19(24)6-4-18/h3-10H,2,11-17H2,1H3,(H,25,29). The van der Waals surface area contributed by atoms with E-state index in [4.69, 9.17) is 9.47 Å². The Morgan fingerprint density at radius 3 is 2.16 bits per heavy atom. The van der Waals surface area contributed by atoms with Crippen LogP contribution in [0.25, 0.3) is 0 Å². The number of benzene rings is 2. The molecule has 1 N–H and O–H groups in total. The third kappa shape index (κ3) is 6.96. The van der Waals surface area contributed by atoms with Gasteiger partial charge in [0.15, 0.2) is 6.61 Å². The lowest BCUT2D eigenvalue weighted by atomic mass is 10.2. The van der Waals surface area contributed by atoms with Gasteiger partial charge in [-0.15, -0.1) is 0 Å². The number of carbonyl (C=O) groups is 2. The zero-order chi connectivity index (χ0) is 22.1. The maximum absolute atomic E-state index is 12.9. The number of amides is 2. The van der Waals surface area contributed by atoms with Crippen LogP contribution in [0.1, 0.15) is 17.3 Å². The van der Waals surface area contributed by atoms with E-state index in [1.165, 1.54) is 24.3 Å². The van der Waals surface area contributed by atoms with Crippen LogP contribution < -0.4 is 14.8 Å². The largest absolute Gasteiger partial charge is 0.494 e. The fraction of sp³-hybridized carbons (Fsp3) is 0.391. The highest BCUT2D eigenvalue weighted by atomic mass is 19.1. The lowest BCUT2D eigenvalue weighted by molar-refractivity contribution is -0.135. The van der Waals surface area contributed by atoms with Crippen molar-refractivity contribution in [2.24, 2.45) is 0 Å². The van der Waals surface area contributed by atoms with Gasteiger partial charge >= 0.3 is 0 Å². The summed E-state index contributed by atoms with van der Waals surface area (Å²) < 4.78 is 23.9. The van der Waals surface area contributed by atoms with Crippen molar-refractivity contribution in [1.29, 1.82) is 0 Å². The van der Waals surface area contributed by atoms with Gasteiger partial charge in [-0.1, -0.05) is 0 Å². The molecule has 1 saturated heterocycles. The molecule has 3 rings (SSSR count). The summed E-state index contributed by atoms with van der Waals surface area (Å²) in [4.78, 5) is 28.4. The maximum Gasteiger partial charge on any atom is 0.260 e. The summed E-state index contributed by atoms with van der Waals surface area (Å²) in [7, 11) is 0. The van der Waals surface area contributed by atoms with Gasteiger partial charge in [0, 0.05) is 44.8 Å². The van der Waals surface area contributed by atoms with Crippen LogP contribution in [0.4, 0.5) is 4.39 Å². The van der Waals surface area contributed by atoms with Crippen LogP contribution in [0.15, 0.2) is 48.5 Å². The quantitative estimate of drug-likeness (QED) is 0.662. The maximum atomic E-state index is 12.9. The van der Waals surface area contributed by atoms with Crippen molar-refractivity contribution in [2.75, 3.05) is 52.5 Å². The molecule has 2 amide bonds. The van der Waals surface area contributed by atoms with E-state index in [0.29, 0.717) is 44.1 Å². The number of ether oxygens (including phenoxy) is 2. The molecule has 1 aliphatic rings. The summed E-state index contributed by atoms with van der Waals surface area (Å²) in [6.07, 6.45) is 0. The number of halogens is 1. The van der Waals surface area contributed by atoms with Crippen molar-refractivity contribution in [2.45, 2.75) is 6.92 Å². The molecule has 1 aliphatic heterocycles. The number of hydrogen-bond acceptors (Lipinski definition) is 5. The Hall–Kier alpha value is -3.13. The van der Waals surface area contributed by atoms with Gasteiger partial charge in [-0.25, -0.2) is 4.39 Å². The molecule has 7 nitrogen and oxygen atoms in total.